The molecule has 0 unspecified atom stereocenters. The van der Waals surface area contributed by atoms with Crippen molar-refractivity contribution in [1.82, 2.24) is 0 Å². The molecule has 0 aromatic carbocycles. The van der Waals surface area contributed by atoms with Crippen molar-refractivity contribution in [2.24, 2.45) is 46.3 Å². The Morgan fingerprint density at radius 1 is 0.677 bits per heavy atom. The molecule has 0 aromatic rings. The predicted molar refractivity (Wildman–Crippen MR) is 214 cm³/mol. The maximum absolute atomic E-state index is 12.0. The fraction of sp³-hybridized carbons (Fsp3) is 0.956. The summed E-state index contributed by atoms with van der Waals surface area (Å²) in [5, 5.41) is 95.7. The molecule has 9 N–H and O–H groups in total. The van der Waals surface area contributed by atoms with E-state index in [9.17, 15) is 46.0 Å². The summed E-state index contributed by atoms with van der Waals surface area (Å²) in [5.74, 6) is 2.56. The summed E-state index contributed by atoms with van der Waals surface area (Å²) < 4.78 is 49.9. The first-order valence-corrected chi connectivity index (χ1v) is 23.4. The minimum absolute atomic E-state index is 0.0356. The Balaban J connectivity index is 0.917. The molecule has 0 aromatic heterocycles. The van der Waals surface area contributed by atoms with Crippen LogP contribution in [0.5, 0.6) is 0 Å². The van der Waals surface area contributed by atoms with Crippen LogP contribution in [0.4, 0.5) is 0 Å². The average molecular weight is 885 g/mol. The Morgan fingerprint density at radius 3 is 2.05 bits per heavy atom. The summed E-state index contributed by atoms with van der Waals surface area (Å²) in [4.78, 5) is 0. The first-order chi connectivity index (χ1) is 29.4. The molecule has 5 aliphatic heterocycles. The minimum atomic E-state index is -1.82. The van der Waals surface area contributed by atoms with Gasteiger partial charge in [-0.25, -0.2) is 0 Å². The number of ether oxygens (including phenoxy) is 8. The fourth-order valence-electron chi connectivity index (χ4n) is 14.0. The molecule has 3 saturated carbocycles. The Kier molecular flexibility index (Phi) is 12.9. The maximum atomic E-state index is 12.0. The molecular formula is C45H72O17. The van der Waals surface area contributed by atoms with Crippen LogP contribution in [0.2, 0.25) is 0 Å². The van der Waals surface area contributed by atoms with Crippen LogP contribution in [0.25, 0.3) is 0 Å². The topological polar surface area (TPSA) is 256 Å². The highest BCUT2D eigenvalue weighted by Crippen LogP contribution is 2.70. The van der Waals surface area contributed by atoms with E-state index in [1.807, 2.05) is 0 Å². The van der Waals surface area contributed by atoms with Gasteiger partial charge < -0.3 is 83.9 Å². The molecule has 0 bridgehead atoms. The summed E-state index contributed by atoms with van der Waals surface area (Å²) in [6.07, 6.45) is -12.0. The molecule has 62 heavy (non-hydrogen) atoms. The van der Waals surface area contributed by atoms with E-state index in [0.717, 1.165) is 51.6 Å². The number of hydrogen-bond acceptors (Lipinski definition) is 17. The van der Waals surface area contributed by atoms with Gasteiger partial charge in [-0.3, -0.25) is 0 Å². The highest BCUT2D eigenvalue weighted by Gasteiger charge is 2.69. The van der Waals surface area contributed by atoms with Crippen molar-refractivity contribution in [2.75, 3.05) is 19.8 Å². The first-order valence-electron chi connectivity index (χ1n) is 23.4. The number of hydrogen-bond donors (Lipinski definition) is 9. The minimum Gasteiger partial charge on any atom is -0.394 e. The summed E-state index contributed by atoms with van der Waals surface area (Å²) in [5.41, 5.74) is 1.48. The molecule has 5 saturated heterocycles. The molecule has 17 heteroatoms. The van der Waals surface area contributed by atoms with Gasteiger partial charge in [0, 0.05) is 12.3 Å². The van der Waals surface area contributed by atoms with Gasteiger partial charge in [0.15, 0.2) is 24.7 Å². The van der Waals surface area contributed by atoms with Crippen LogP contribution in [0, 0.1) is 46.3 Å². The Hall–Kier alpha value is -0.940. The molecule has 354 valence electrons. The molecule has 0 radical (unpaired) electrons. The van der Waals surface area contributed by atoms with Gasteiger partial charge in [-0.15, -0.1) is 0 Å². The van der Waals surface area contributed by atoms with E-state index in [-0.39, 0.29) is 23.0 Å². The largest absolute Gasteiger partial charge is 0.394 e. The lowest BCUT2D eigenvalue weighted by atomic mass is 9.47. The van der Waals surface area contributed by atoms with Gasteiger partial charge in [0.25, 0.3) is 0 Å². The third kappa shape index (κ3) is 7.49. The fourth-order valence-corrected chi connectivity index (χ4v) is 14.0. The smallest absolute Gasteiger partial charge is 0.187 e. The third-order valence-electron chi connectivity index (χ3n) is 17.7. The van der Waals surface area contributed by atoms with Gasteiger partial charge in [-0.05, 0) is 98.7 Å². The van der Waals surface area contributed by atoms with Gasteiger partial charge in [-0.1, -0.05) is 39.3 Å². The Labute approximate surface area is 363 Å². The zero-order chi connectivity index (χ0) is 44.2. The zero-order valence-corrected chi connectivity index (χ0v) is 36.6. The van der Waals surface area contributed by atoms with Crippen LogP contribution in [0.3, 0.4) is 0 Å². The van der Waals surface area contributed by atoms with Crippen LogP contribution in [0.1, 0.15) is 92.4 Å². The lowest BCUT2D eigenvalue weighted by Crippen LogP contribution is -2.67. The summed E-state index contributed by atoms with van der Waals surface area (Å²) >= 11 is 0. The predicted octanol–water partition coefficient (Wildman–Crippen LogP) is 0.214. The van der Waals surface area contributed by atoms with Crippen molar-refractivity contribution in [3.8, 4) is 0 Å². The maximum Gasteiger partial charge on any atom is 0.187 e. The highest BCUT2D eigenvalue weighted by atomic mass is 16.8. The quantitative estimate of drug-likeness (QED) is 0.148. The van der Waals surface area contributed by atoms with Crippen LogP contribution < -0.4 is 0 Å². The normalized spacial score (nSPS) is 57.6. The Morgan fingerprint density at radius 2 is 1.35 bits per heavy atom. The van der Waals surface area contributed by atoms with E-state index in [1.54, 1.807) is 0 Å². The van der Waals surface area contributed by atoms with Gasteiger partial charge >= 0.3 is 0 Å². The van der Waals surface area contributed by atoms with Crippen molar-refractivity contribution in [3.63, 3.8) is 0 Å². The first kappa shape index (κ1) is 46.2. The second kappa shape index (κ2) is 17.3. The van der Waals surface area contributed by atoms with Crippen molar-refractivity contribution in [1.29, 1.82) is 0 Å². The van der Waals surface area contributed by atoms with E-state index >= 15 is 0 Å². The van der Waals surface area contributed by atoms with Gasteiger partial charge in [0.1, 0.15) is 67.1 Å². The molecular weight excluding hydrogens is 812 g/mol. The lowest BCUT2D eigenvalue weighted by Gasteiger charge is -2.58. The standard InChI is InChI=1S/C45H72O17/c1-19-8-13-45(55-18-19)20(2)30-27(62-45)15-26-24-7-6-22-14-23(9-11-43(22,4)25(24)10-12-44(26,30)5)57-42-39(61-40-35(52)33(50)31(48)21(3)56-40)37(54)38(29(17-47)59-42)60-41-36(53)34(51)32(49)28(16-46)58-41/h6,19-21,23-42,46-54H,7-18H2,1-5H3/t19-,20+,21+,23+,24-,25+,26+,27+,28-,29-,30+,31+,32-,33-,34+,35-,36-,37+,38+,39-,40+,41+,42-,43+,44+,45-/m1/s1. The molecule has 9 rings (SSSR count). The second-order valence-electron chi connectivity index (χ2n) is 21.1. The molecule has 26 atom stereocenters. The number of allylic oxidation sites excluding steroid dienone is 1. The summed E-state index contributed by atoms with van der Waals surface area (Å²) in [6.45, 7) is 10.4. The average Bonchev–Trinajstić information content (AvgIpc) is 3.70. The molecule has 4 aliphatic carbocycles. The highest BCUT2D eigenvalue weighted by molar-refractivity contribution is 5.26. The van der Waals surface area contributed by atoms with Crippen LogP contribution in [0.15, 0.2) is 11.6 Å². The van der Waals surface area contributed by atoms with Crippen LogP contribution >= 0.6 is 0 Å². The van der Waals surface area contributed by atoms with Crippen molar-refractivity contribution in [3.05, 3.63) is 11.6 Å². The summed E-state index contributed by atoms with van der Waals surface area (Å²) in [6, 6.07) is 0. The molecule has 0 amide bonds. The zero-order valence-electron chi connectivity index (χ0n) is 36.6. The number of aliphatic hydroxyl groups is 9. The molecule has 17 nitrogen and oxygen atoms in total. The number of rotatable bonds is 8. The number of fused-ring (bicyclic) bond motifs is 7. The SMILES string of the molecule is C[C@@H]1CC[C@@]2(OC1)O[C@H]1C[C@H]3[C@@H]4CC=C5C[C@@H](O[C@@H]6O[C@H](CO)[C@H](O[C@@H]7O[C@H](CO)[C@@H](O)[C@H](O)[C@H]7O)[C@H](O)[C@H]6O[C@@H]6O[C@@H](C)[C@H](O)[C@@H](O)[C@H]6O)CC[C@]5(C)[C@H]4CC[C@]3(C)[C@H]1[C@@H]2C. The van der Waals surface area contributed by atoms with E-state index in [2.05, 4.69) is 33.8 Å². The van der Waals surface area contributed by atoms with Crippen LogP contribution in [-0.4, -0.2) is 176 Å². The second-order valence-corrected chi connectivity index (χ2v) is 21.1. The van der Waals surface area contributed by atoms with Crippen molar-refractivity contribution >= 4 is 0 Å². The van der Waals surface area contributed by atoms with Crippen molar-refractivity contribution in [2.45, 2.75) is 203 Å². The third-order valence-corrected chi connectivity index (χ3v) is 17.7. The van der Waals surface area contributed by atoms with Crippen molar-refractivity contribution < 1.29 is 83.9 Å². The van der Waals surface area contributed by atoms with Crippen LogP contribution in [-0.2, 0) is 37.9 Å². The molecule has 8 fully saturated rings. The number of aliphatic hydroxyl groups excluding tert-OH is 9. The van der Waals surface area contributed by atoms with Gasteiger partial charge in [0.2, 0.25) is 0 Å². The van der Waals surface area contributed by atoms with Gasteiger partial charge in [-0.2, -0.15) is 0 Å². The molecule has 5 heterocycles. The monoisotopic (exact) mass is 884 g/mol. The Bertz CT molecular complexity index is 1610. The van der Waals surface area contributed by atoms with E-state index in [4.69, 9.17) is 37.9 Å². The van der Waals surface area contributed by atoms with E-state index < -0.39 is 111 Å². The molecule has 1 spiro atoms. The lowest BCUT2D eigenvalue weighted by molar-refractivity contribution is -0.389. The molecule has 9 aliphatic rings. The summed E-state index contributed by atoms with van der Waals surface area (Å²) in [7, 11) is 0. The van der Waals surface area contributed by atoms with E-state index in [1.165, 1.54) is 12.5 Å². The van der Waals surface area contributed by atoms with Gasteiger partial charge in [0.05, 0.1) is 38.1 Å². The van der Waals surface area contributed by atoms with E-state index in [0.29, 0.717) is 48.3 Å².